The molecule has 0 aliphatic carbocycles. The quantitative estimate of drug-likeness (QED) is 0.379. The molecule has 0 radical (unpaired) electrons. The van der Waals surface area contributed by atoms with E-state index < -0.39 is 0 Å². The third-order valence-electron chi connectivity index (χ3n) is 3.33. The number of aromatic nitrogens is 1. The Kier molecular flexibility index (Phi) is 3.08. The van der Waals surface area contributed by atoms with E-state index in [2.05, 4.69) is 26.5 Å². The van der Waals surface area contributed by atoms with Crippen molar-refractivity contribution in [2.45, 2.75) is 13.0 Å². The van der Waals surface area contributed by atoms with Crippen molar-refractivity contribution in [3.05, 3.63) is 45.9 Å². The molecule has 1 aliphatic rings. The van der Waals surface area contributed by atoms with Crippen molar-refractivity contribution >= 4 is 22.9 Å². The molecule has 2 aromatic rings. The van der Waals surface area contributed by atoms with Crippen LogP contribution >= 0.6 is 11.3 Å². The van der Waals surface area contributed by atoms with Crippen LogP contribution in [-0.4, -0.2) is 22.6 Å². The van der Waals surface area contributed by atoms with Crippen LogP contribution in [0.4, 0.5) is 5.69 Å². The second kappa shape index (κ2) is 4.89. The molecule has 3 rings (SSSR count). The molecule has 0 fully saturated rings. The number of hydrogen-bond donors (Lipinski definition) is 2. The summed E-state index contributed by atoms with van der Waals surface area (Å²) in [5.41, 5.74) is 8.71. The molecule has 1 aliphatic heterocycles. The number of oxime groups is 1. The summed E-state index contributed by atoms with van der Waals surface area (Å²) in [6.07, 6.45) is 4.44. The molecule has 0 saturated heterocycles. The van der Waals surface area contributed by atoms with Gasteiger partial charge in [0.2, 0.25) is 0 Å². The Bertz CT molecular complexity index is 623. The zero-order valence-electron chi connectivity index (χ0n) is 10.3. The molecule has 0 amide bonds. The zero-order chi connectivity index (χ0) is 13.2. The van der Waals surface area contributed by atoms with E-state index >= 15 is 0 Å². The van der Waals surface area contributed by atoms with Gasteiger partial charge in [0.15, 0.2) is 5.84 Å². The molecule has 98 valence electrons. The fourth-order valence-electron chi connectivity index (χ4n) is 2.36. The summed E-state index contributed by atoms with van der Waals surface area (Å²) in [6.45, 7) is 1.77. The van der Waals surface area contributed by atoms with Gasteiger partial charge in [0, 0.05) is 29.7 Å². The minimum absolute atomic E-state index is 0.119. The second-order valence-corrected chi connectivity index (χ2v) is 5.42. The highest BCUT2D eigenvalue weighted by Crippen LogP contribution is 2.29. The van der Waals surface area contributed by atoms with Crippen molar-refractivity contribution in [3.63, 3.8) is 0 Å². The summed E-state index contributed by atoms with van der Waals surface area (Å²) in [6, 6.07) is 3.93. The fourth-order valence-corrected chi connectivity index (χ4v) is 3.25. The van der Waals surface area contributed by atoms with Crippen molar-refractivity contribution in [3.8, 4) is 0 Å². The first-order chi connectivity index (χ1) is 9.29. The topological polar surface area (TPSA) is 74.7 Å². The van der Waals surface area contributed by atoms with Crippen molar-refractivity contribution in [2.24, 2.45) is 10.9 Å². The molecule has 0 spiro atoms. The predicted molar refractivity (Wildman–Crippen MR) is 75.8 cm³/mol. The molecule has 0 saturated carbocycles. The number of amidine groups is 1. The van der Waals surface area contributed by atoms with E-state index in [0.717, 1.165) is 30.8 Å². The van der Waals surface area contributed by atoms with Crippen LogP contribution in [0.2, 0.25) is 0 Å². The van der Waals surface area contributed by atoms with Crippen LogP contribution in [0.25, 0.3) is 0 Å². The van der Waals surface area contributed by atoms with E-state index in [4.69, 9.17) is 10.9 Å². The molecule has 5 nitrogen and oxygen atoms in total. The average molecular weight is 274 g/mol. The van der Waals surface area contributed by atoms with Crippen molar-refractivity contribution in [1.29, 1.82) is 0 Å². The molecule has 0 aromatic carbocycles. The van der Waals surface area contributed by atoms with Crippen LogP contribution < -0.4 is 10.6 Å². The Labute approximate surface area is 115 Å². The smallest absolute Gasteiger partial charge is 0.172 e. The maximum absolute atomic E-state index is 8.86. The number of nitrogens with two attached hydrogens (primary N) is 1. The summed E-state index contributed by atoms with van der Waals surface area (Å²) in [4.78, 5) is 7.82. The molecular formula is C13H14N4OS. The first-order valence-electron chi connectivity index (χ1n) is 6.01. The fraction of sp³-hybridized carbons (Fsp3) is 0.231. The lowest BCUT2D eigenvalue weighted by Crippen LogP contribution is -2.31. The third kappa shape index (κ3) is 2.15. The van der Waals surface area contributed by atoms with Crippen LogP contribution in [0.3, 0.4) is 0 Å². The Balaban J connectivity index is 1.96. The number of hydrogen-bond acceptors (Lipinski definition) is 5. The summed E-state index contributed by atoms with van der Waals surface area (Å²) in [5.74, 6) is 0.119. The summed E-state index contributed by atoms with van der Waals surface area (Å²) >= 11 is 1.81. The molecule has 3 heterocycles. The number of nitrogens with zero attached hydrogens (tertiary/aromatic N) is 3. The average Bonchev–Trinajstić information content (AvgIpc) is 2.93. The molecule has 19 heavy (non-hydrogen) atoms. The van der Waals surface area contributed by atoms with Crippen molar-refractivity contribution in [1.82, 2.24) is 4.98 Å². The molecule has 0 unspecified atom stereocenters. The molecule has 3 N–H and O–H groups in total. The van der Waals surface area contributed by atoms with Gasteiger partial charge in [0.25, 0.3) is 0 Å². The van der Waals surface area contributed by atoms with Gasteiger partial charge >= 0.3 is 0 Å². The van der Waals surface area contributed by atoms with Gasteiger partial charge in [-0.1, -0.05) is 5.16 Å². The van der Waals surface area contributed by atoms with Gasteiger partial charge in [-0.3, -0.25) is 4.98 Å². The van der Waals surface area contributed by atoms with E-state index in [0.29, 0.717) is 0 Å². The van der Waals surface area contributed by atoms with E-state index in [9.17, 15) is 0 Å². The maximum atomic E-state index is 8.86. The van der Waals surface area contributed by atoms with Crippen molar-refractivity contribution < 1.29 is 5.21 Å². The van der Waals surface area contributed by atoms with Gasteiger partial charge in [-0.15, -0.1) is 11.3 Å². The lowest BCUT2D eigenvalue weighted by Gasteiger charge is -2.30. The largest absolute Gasteiger partial charge is 0.409 e. The van der Waals surface area contributed by atoms with Gasteiger partial charge in [0.1, 0.15) is 0 Å². The number of thiophene rings is 1. The lowest BCUT2D eigenvalue weighted by molar-refractivity contribution is 0.318. The number of anilines is 1. The van der Waals surface area contributed by atoms with E-state index in [1.165, 1.54) is 10.4 Å². The van der Waals surface area contributed by atoms with Gasteiger partial charge in [-0.05, 0) is 29.5 Å². The Morgan fingerprint density at radius 2 is 2.37 bits per heavy atom. The highest BCUT2D eigenvalue weighted by molar-refractivity contribution is 7.10. The van der Waals surface area contributed by atoms with Gasteiger partial charge in [-0.25, -0.2) is 0 Å². The maximum Gasteiger partial charge on any atom is 0.172 e. The molecule has 2 aromatic heterocycles. The molecule has 6 heteroatoms. The van der Waals surface area contributed by atoms with E-state index in [-0.39, 0.29) is 5.84 Å². The lowest BCUT2D eigenvalue weighted by atomic mass is 10.1. The van der Waals surface area contributed by atoms with E-state index in [1.54, 1.807) is 29.8 Å². The highest BCUT2D eigenvalue weighted by atomic mass is 32.1. The Morgan fingerprint density at radius 1 is 1.47 bits per heavy atom. The molecular weight excluding hydrogens is 260 g/mol. The van der Waals surface area contributed by atoms with Crippen molar-refractivity contribution in [2.75, 3.05) is 11.4 Å². The first kappa shape index (κ1) is 12.0. The van der Waals surface area contributed by atoms with Gasteiger partial charge < -0.3 is 15.8 Å². The Morgan fingerprint density at radius 3 is 3.21 bits per heavy atom. The Hall–Kier alpha value is -2.08. The third-order valence-corrected chi connectivity index (χ3v) is 4.36. The zero-order valence-corrected chi connectivity index (χ0v) is 11.1. The normalized spacial score (nSPS) is 15.4. The summed E-state index contributed by atoms with van der Waals surface area (Å²) in [7, 11) is 0. The minimum atomic E-state index is 0.119. The molecule has 0 bridgehead atoms. The second-order valence-electron chi connectivity index (χ2n) is 4.42. The van der Waals surface area contributed by atoms with Crippen LogP contribution in [0, 0.1) is 0 Å². The van der Waals surface area contributed by atoms with Crippen LogP contribution in [0.15, 0.2) is 35.1 Å². The van der Waals surface area contributed by atoms with Gasteiger partial charge in [-0.2, -0.15) is 0 Å². The number of rotatable bonds is 2. The van der Waals surface area contributed by atoms with Crippen LogP contribution in [-0.2, 0) is 13.0 Å². The highest BCUT2D eigenvalue weighted by Gasteiger charge is 2.20. The SMILES string of the molecule is N/C(=N/O)c1ccncc1N1CCc2sccc2C1. The van der Waals surface area contributed by atoms with Crippen LogP contribution in [0.1, 0.15) is 16.0 Å². The molecule has 0 atom stereocenters. The number of fused-ring (bicyclic) bond motifs is 1. The summed E-state index contributed by atoms with van der Waals surface area (Å²) in [5, 5.41) is 14.1. The number of pyridine rings is 1. The standard InChI is InChI=1S/C13H14N4OS/c14-13(16-18)10-1-4-15-7-11(10)17-5-2-12-9(8-17)3-6-19-12/h1,3-4,6-7,18H,2,5,8H2,(H2,14,16). The minimum Gasteiger partial charge on any atom is -0.409 e. The van der Waals surface area contributed by atoms with Crippen LogP contribution in [0.5, 0.6) is 0 Å². The summed E-state index contributed by atoms with van der Waals surface area (Å²) < 4.78 is 0. The van der Waals surface area contributed by atoms with E-state index in [1.807, 2.05) is 0 Å². The monoisotopic (exact) mass is 274 g/mol. The first-order valence-corrected chi connectivity index (χ1v) is 6.89. The van der Waals surface area contributed by atoms with Gasteiger partial charge in [0.05, 0.1) is 11.9 Å². The predicted octanol–water partition coefficient (Wildman–Crippen LogP) is 1.80.